The number of pyridine rings is 1. The third kappa shape index (κ3) is 5.55. The molecule has 1 aromatic carbocycles. The van der Waals surface area contributed by atoms with Crippen LogP contribution in [0.1, 0.15) is 21.1 Å². The number of nitrogens with zero attached hydrogens (tertiary/aromatic N) is 3. The second-order valence-corrected chi connectivity index (χ2v) is 9.28. The Morgan fingerprint density at radius 1 is 1.24 bits per heavy atom. The van der Waals surface area contributed by atoms with Crippen LogP contribution in [-0.2, 0) is 9.53 Å². The first-order chi connectivity index (χ1) is 20.3. The molecule has 1 saturated carbocycles. The Labute approximate surface area is 228 Å². The van der Waals surface area contributed by atoms with E-state index in [1.807, 2.05) is 0 Å². The van der Waals surface area contributed by atoms with Gasteiger partial charge in [-0.05, 0) is 37.0 Å². The quantitative estimate of drug-likeness (QED) is 0.337. The number of amides is 1. The van der Waals surface area contributed by atoms with Crippen molar-refractivity contribution < 1.29 is 27.2 Å². The van der Waals surface area contributed by atoms with Gasteiger partial charge in [-0.25, -0.2) is 15.0 Å². The summed E-state index contributed by atoms with van der Waals surface area (Å²) in [6.45, 7) is 4.78. The number of hydrogen-bond acceptors (Lipinski definition) is 9. The van der Waals surface area contributed by atoms with Gasteiger partial charge in [0.2, 0.25) is 11.9 Å². The molecule has 3 heterocycles. The Kier molecular flexibility index (Phi) is 5.41. The minimum atomic E-state index is -2.86. The maximum absolute atomic E-state index is 11.8. The van der Waals surface area contributed by atoms with Gasteiger partial charge < -0.3 is 30.2 Å². The van der Waals surface area contributed by atoms with E-state index in [1.54, 1.807) is 12.3 Å². The van der Waals surface area contributed by atoms with Crippen LogP contribution in [0.2, 0.25) is 5.02 Å². The second-order valence-electron chi connectivity index (χ2n) is 8.91. The summed E-state index contributed by atoms with van der Waals surface area (Å²) in [6.07, 6.45) is 4.95. The van der Waals surface area contributed by atoms with Crippen LogP contribution in [0.15, 0.2) is 37.1 Å². The van der Waals surface area contributed by atoms with Crippen LogP contribution in [0, 0.1) is 5.92 Å². The zero-order valence-corrected chi connectivity index (χ0v) is 20.5. The van der Waals surface area contributed by atoms with Crippen molar-refractivity contribution in [3.63, 3.8) is 0 Å². The van der Waals surface area contributed by atoms with Crippen molar-refractivity contribution in [2.24, 2.45) is 5.92 Å². The van der Waals surface area contributed by atoms with E-state index >= 15 is 0 Å². The maximum atomic E-state index is 11.8. The second kappa shape index (κ2) is 10.8. The first kappa shape index (κ1) is 18.6. The molecule has 2 fully saturated rings. The van der Waals surface area contributed by atoms with Crippen LogP contribution in [-0.4, -0.2) is 66.8 Å². The van der Waals surface area contributed by atoms with Gasteiger partial charge in [0.25, 0.3) is 0 Å². The lowest BCUT2D eigenvalue weighted by atomic mass is 10.1. The topological polar surface area (TPSA) is 120 Å². The highest BCUT2D eigenvalue weighted by Crippen LogP contribution is 2.40. The SMILES string of the molecule is [2H]C([2H])([2H])Oc1cc(OC([2H])([2H])[2H])c(Cl)c(-c2cc3cnc(N[C@@H]4COC[C@@H]4NC(=O)C=C)nc3c(NCC3CC3)n2)c1. The minimum Gasteiger partial charge on any atom is -0.497 e. The summed E-state index contributed by atoms with van der Waals surface area (Å²) < 4.78 is 60.7. The van der Waals surface area contributed by atoms with Crippen LogP contribution < -0.4 is 25.4 Å². The highest BCUT2D eigenvalue weighted by Gasteiger charge is 2.30. The largest absolute Gasteiger partial charge is 0.497 e. The molecule has 0 radical (unpaired) electrons. The number of hydrogen-bond donors (Lipinski definition) is 3. The fraction of sp³-hybridized carbons (Fsp3) is 0.385. The van der Waals surface area contributed by atoms with E-state index in [2.05, 4.69) is 27.5 Å². The van der Waals surface area contributed by atoms with Gasteiger partial charge in [-0.3, -0.25) is 4.79 Å². The molecule has 0 bridgehead atoms. The molecule has 5 rings (SSSR count). The summed E-state index contributed by atoms with van der Waals surface area (Å²) in [5.74, 6) is 0.416. The smallest absolute Gasteiger partial charge is 0.243 e. The Morgan fingerprint density at radius 3 is 2.86 bits per heavy atom. The summed E-state index contributed by atoms with van der Waals surface area (Å²) in [4.78, 5) is 25.7. The zero-order chi connectivity index (χ0) is 30.9. The molecular formula is C26H29ClN6O4. The van der Waals surface area contributed by atoms with Crippen LogP contribution in [0.5, 0.6) is 11.5 Å². The lowest BCUT2D eigenvalue weighted by Crippen LogP contribution is -2.45. The van der Waals surface area contributed by atoms with Gasteiger partial charge in [-0.2, -0.15) is 0 Å². The number of methoxy groups -OCH3 is 2. The summed E-state index contributed by atoms with van der Waals surface area (Å²) in [6, 6.07) is 3.51. The van der Waals surface area contributed by atoms with Crippen molar-refractivity contribution in [2.45, 2.75) is 24.9 Å². The van der Waals surface area contributed by atoms with Gasteiger partial charge in [0.15, 0.2) is 5.82 Å². The van der Waals surface area contributed by atoms with E-state index in [0.29, 0.717) is 48.3 Å². The van der Waals surface area contributed by atoms with Gasteiger partial charge >= 0.3 is 0 Å². The third-order valence-electron chi connectivity index (χ3n) is 6.25. The van der Waals surface area contributed by atoms with Crippen LogP contribution in [0.25, 0.3) is 22.2 Å². The molecule has 11 heteroatoms. The Morgan fingerprint density at radius 2 is 2.08 bits per heavy atom. The fourth-order valence-electron chi connectivity index (χ4n) is 4.07. The number of aromatic nitrogens is 3. The average molecular weight is 531 g/mol. The van der Waals surface area contributed by atoms with E-state index in [4.69, 9.17) is 44.0 Å². The Balaban J connectivity index is 1.54. The Bertz CT molecular complexity index is 1530. The first-order valence-corrected chi connectivity index (χ1v) is 12.1. The number of halogens is 1. The van der Waals surface area contributed by atoms with Gasteiger partial charge in [0.1, 0.15) is 17.0 Å². The normalized spacial score (nSPS) is 22.0. The number of ether oxygens (including phenoxy) is 3. The van der Waals surface area contributed by atoms with Crippen LogP contribution in [0.3, 0.4) is 0 Å². The van der Waals surface area contributed by atoms with Crippen molar-refractivity contribution in [1.82, 2.24) is 20.3 Å². The molecule has 37 heavy (non-hydrogen) atoms. The minimum absolute atomic E-state index is 0.0953. The maximum Gasteiger partial charge on any atom is 0.243 e. The summed E-state index contributed by atoms with van der Waals surface area (Å²) in [5, 5.41) is 9.86. The molecule has 1 aliphatic heterocycles. The van der Waals surface area contributed by atoms with Crippen molar-refractivity contribution in [2.75, 3.05) is 44.5 Å². The Hall–Kier alpha value is -3.63. The summed E-state index contributed by atoms with van der Waals surface area (Å²) in [7, 11) is -5.67. The average Bonchev–Trinajstić information content (AvgIpc) is 3.66. The van der Waals surface area contributed by atoms with E-state index in [0.717, 1.165) is 18.9 Å². The molecule has 2 aliphatic rings. The molecule has 2 aromatic heterocycles. The molecule has 10 nitrogen and oxygen atoms in total. The van der Waals surface area contributed by atoms with Crippen LogP contribution in [0.4, 0.5) is 11.8 Å². The lowest BCUT2D eigenvalue weighted by Gasteiger charge is -2.20. The van der Waals surface area contributed by atoms with Crippen molar-refractivity contribution in [1.29, 1.82) is 0 Å². The monoisotopic (exact) mass is 530 g/mol. The van der Waals surface area contributed by atoms with E-state index in [-0.39, 0.29) is 45.8 Å². The molecule has 2 atom stereocenters. The van der Waals surface area contributed by atoms with E-state index in [9.17, 15) is 4.79 Å². The van der Waals surface area contributed by atoms with Crippen molar-refractivity contribution in [3.8, 4) is 22.8 Å². The number of nitrogens with one attached hydrogen (secondary N) is 3. The fourth-order valence-corrected chi connectivity index (χ4v) is 4.32. The predicted octanol–water partition coefficient (Wildman–Crippen LogP) is 3.67. The number of carbonyl (C=O) groups is 1. The molecule has 3 aromatic rings. The van der Waals surface area contributed by atoms with Gasteiger partial charge in [-0.1, -0.05) is 18.2 Å². The molecular weight excluding hydrogens is 496 g/mol. The van der Waals surface area contributed by atoms with Gasteiger partial charge in [0.05, 0.1) is 58.3 Å². The molecule has 1 amide bonds. The molecule has 194 valence electrons. The molecule has 0 unspecified atom stereocenters. The third-order valence-corrected chi connectivity index (χ3v) is 6.64. The number of benzene rings is 1. The van der Waals surface area contributed by atoms with Gasteiger partial charge in [0, 0.05) is 29.8 Å². The predicted molar refractivity (Wildman–Crippen MR) is 142 cm³/mol. The van der Waals surface area contributed by atoms with Gasteiger partial charge in [-0.15, -0.1) is 0 Å². The van der Waals surface area contributed by atoms with E-state index in [1.165, 1.54) is 12.1 Å². The zero-order valence-electron chi connectivity index (χ0n) is 25.7. The molecule has 0 spiro atoms. The van der Waals surface area contributed by atoms with Crippen molar-refractivity contribution >= 4 is 40.2 Å². The number of anilines is 2. The summed E-state index contributed by atoms with van der Waals surface area (Å²) >= 11 is 6.59. The first-order valence-electron chi connectivity index (χ1n) is 14.7. The van der Waals surface area contributed by atoms with Crippen LogP contribution >= 0.6 is 11.6 Å². The molecule has 1 saturated heterocycles. The molecule has 1 aliphatic carbocycles. The highest BCUT2D eigenvalue weighted by molar-refractivity contribution is 6.34. The highest BCUT2D eigenvalue weighted by atomic mass is 35.5. The number of rotatable bonds is 10. The number of fused-ring (bicyclic) bond motifs is 1. The van der Waals surface area contributed by atoms with Crippen molar-refractivity contribution in [3.05, 3.63) is 42.1 Å². The molecule has 3 N–H and O–H groups in total. The lowest BCUT2D eigenvalue weighted by molar-refractivity contribution is -0.117. The summed E-state index contributed by atoms with van der Waals surface area (Å²) in [5.41, 5.74) is 0.963. The number of carbonyl (C=O) groups excluding carboxylic acids is 1. The standard InChI is InChI=1S/C26H29ClN6O4/c1-4-22(34)30-19-12-37-13-20(19)32-26-29-11-15-7-18(17-8-16(35-2)9-21(36-3)23(17)27)31-25(24(15)33-26)28-10-14-5-6-14/h4,7-9,11,14,19-20H,1,5-6,10,12-13H2,2-3H3,(H,28,31)(H,30,34)(H,29,32,33)/t19-,20+/m0/s1/i2D3,3D3. The van der Waals surface area contributed by atoms with E-state index < -0.39 is 14.1 Å².